The first-order valence-electron chi connectivity index (χ1n) is 16.8. The molecule has 2 heterocycles. The second kappa shape index (κ2) is 15.2. The van der Waals surface area contributed by atoms with Gasteiger partial charge in [0.15, 0.2) is 0 Å². The van der Waals surface area contributed by atoms with Crippen molar-refractivity contribution in [3.8, 4) is 5.88 Å². The predicted molar refractivity (Wildman–Crippen MR) is 194 cm³/mol. The van der Waals surface area contributed by atoms with E-state index in [2.05, 4.69) is 54.7 Å². The number of pyridine rings is 1. The summed E-state index contributed by atoms with van der Waals surface area (Å²) in [5.74, 6) is -2.77. The highest BCUT2D eigenvalue weighted by Gasteiger charge is 2.60. The number of hydrogen-bond acceptors (Lipinski definition) is 10. The van der Waals surface area contributed by atoms with E-state index in [1.165, 1.54) is 4.90 Å². The van der Waals surface area contributed by atoms with Crippen LogP contribution in [0.5, 0.6) is 5.88 Å². The Morgan fingerprint density at radius 2 is 1.87 bits per heavy atom. The number of nitrogens with one attached hydrogen (secondary N) is 4. The summed E-state index contributed by atoms with van der Waals surface area (Å²) < 4.78 is 39.8. The van der Waals surface area contributed by atoms with Crippen LogP contribution in [0.15, 0.2) is 60.2 Å². The fraction of sp³-hybridized carbons (Fsp3) is 0.486. The van der Waals surface area contributed by atoms with Gasteiger partial charge in [-0.05, 0) is 75.6 Å². The molecular weight excluding hydrogens is 760 g/mol. The molecule has 1 aromatic carbocycles. The van der Waals surface area contributed by atoms with Crippen molar-refractivity contribution in [3.05, 3.63) is 60.2 Å². The number of carbonyl (C=O) groups is 5. The normalized spacial score (nSPS) is 23.2. The van der Waals surface area contributed by atoms with Crippen molar-refractivity contribution in [2.75, 3.05) is 19.6 Å². The molecule has 2 saturated carbocycles. The second-order valence-electron chi connectivity index (χ2n) is 14.2. The van der Waals surface area contributed by atoms with E-state index in [-0.39, 0.29) is 44.3 Å². The van der Waals surface area contributed by atoms with Crippen LogP contribution in [0.3, 0.4) is 0 Å². The Labute approximate surface area is 310 Å². The Morgan fingerprint density at radius 3 is 2.50 bits per heavy atom. The third-order valence-corrected chi connectivity index (χ3v) is 11.4. The minimum Gasteiger partial charge on any atom is -0.472 e. The molecule has 1 saturated heterocycles. The van der Waals surface area contributed by atoms with Crippen molar-refractivity contribution in [1.29, 1.82) is 0 Å². The molecule has 2 aliphatic carbocycles. The Balaban J connectivity index is 1.40. The van der Waals surface area contributed by atoms with Gasteiger partial charge in [0.2, 0.25) is 39.5 Å². The molecule has 4 N–H and O–H groups in total. The number of aromatic nitrogens is 1. The number of likely N-dealkylation sites (tertiary alicyclic amines) is 1. The van der Waals surface area contributed by atoms with Gasteiger partial charge in [-0.15, -0.1) is 6.58 Å². The van der Waals surface area contributed by atoms with E-state index in [0.717, 1.165) is 15.9 Å². The lowest BCUT2D eigenvalue weighted by Crippen LogP contribution is -2.57. The summed E-state index contributed by atoms with van der Waals surface area (Å²) in [6, 6.07) is 4.89. The summed E-state index contributed by atoms with van der Waals surface area (Å²) in [6.07, 6.45) is 3.69. The number of carbonyl (C=O) groups excluding carboxylic acids is 5. The molecular formula is C35H43BrN6O9S. The number of allylic oxidation sites excluding steroid dienone is 1. The number of halogens is 1. The van der Waals surface area contributed by atoms with Crippen LogP contribution in [0.4, 0.5) is 4.79 Å². The molecule has 5 rings (SSSR count). The second-order valence-corrected chi connectivity index (χ2v) is 17.1. The van der Waals surface area contributed by atoms with Crippen molar-refractivity contribution < 1.29 is 41.9 Å². The maximum absolute atomic E-state index is 14.2. The van der Waals surface area contributed by atoms with Crippen LogP contribution < -0.4 is 25.4 Å². The molecule has 5 amide bonds. The third-order valence-electron chi connectivity index (χ3n) is 9.12. The SMILES string of the molecule is C=CC(=O)NCC(NC(=O)OC(C)(C)C)C(=O)N1CC(Oc2nccc3ccc(Br)cc23)CC1C(=O)NCC1(C(=O)NS(=O)(=O)C2CC2)CC1C=C. The zero-order valence-electron chi connectivity index (χ0n) is 29.1. The van der Waals surface area contributed by atoms with Gasteiger partial charge in [0.1, 0.15) is 23.8 Å². The zero-order chi connectivity index (χ0) is 38.0. The molecule has 52 heavy (non-hydrogen) atoms. The van der Waals surface area contributed by atoms with Crippen LogP contribution in [-0.4, -0.2) is 96.7 Å². The largest absolute Gasteiger partial charge is 0.472 e. The maximum atomic E-state index is 14.2. The fourth-order valence-corrected chi connectivity index (χ4v) is 7.85. The van der Waals surface area contributed by atoms with E-state index in [1.54, 1.807) is 33.0 Å². The highest BCUT2D eigenvalue weighted by Crippen LogP contribution is 2.53. The number of amides is 5. The van der Waals surface area contributed by atoms with Crippen molar-refractivity contribution in [2.24, 2.45) is 11.3 Å². The highest BCUT2D eigenvalue weighted by atomic mass is 79.9. The smallest absolute Gasteiger partial charge is 0.408 e. The molecule has 280 valence electrons. The molecule has 15 nitrogen and oxygen atoms in total. The quantitative estimate of drug-likeness (QED) is 0.162. The number of alkyl carbamates (subject to hydrolysis) is 1. The molecule has 0 radical (unpaired) electrons. The summed E-state index contributed by atoms with van der Waals surface area (Å²) in [7, 11) is -3.84. The lowest BCUT2D eigenvalue weighted by Gasteiger charge is -2.29. The van der Waals surface area contributed by atoms with Gasteiger partial charge < -0.3 is 30.3 Å². The number of nitrogens with zero attached hydrogens (tertiary/aromatic N) is 2. The highest BCUT2D eigenvalue weighted by molar-refractivity contribution is 9.10. The Morgan fingerprint density at radius 1 is 1.13 bits per heavy atom. The van der Waals surface area contributed by atoms with Gasteiger partial charge in [-0.3, -0.25) is 23.9 Å². The summed E-state index contributed by atoms with van der Waals surface area (Å²) >= 11 is 3.47. The Hall–Kier alpha value is -4.51. The molecule has 5 unspecified atom stereocenters. The Bertz CT molecular complexity index is 1900. The first kappa shape index (κ1) is 38.7. The van der Waals surface area contributed by atoms with Gasteiger partial charge in [0.25, 0.3) is 0 Å². The molecule has 3 fully saturated rings. The van der Waals surface area contributed by atoms with Gasteiger partial charge in [-0.1, -0.05) is 34.7 Å². The molecule has 2 aromatic rings. The minimum atomic E-state index is -3.84. The summed E-state index contributed by atoms with van der Waals surface area (Å²) in [5.41, 5.74) is -2.14. The number of sulfonamides is 1. The number of benzene rings is 1. The van der Waals surface area contributed by atoms with Crippen molar-refractivity contribution in [1.82, 2.24) is 30.6 Å². The summed E-state index contributed by atoms with van der Waals surface area (Å²) in [6.45, 7) is 11.5. The van der Waals surface area contributed by atoms with Crippen LogP contribution in [0.1, 0.15) is 46.5 Å². The first-order valence-corrected chi connectivity index (χ1v) is 19.2. The van der Waals surface area contributed by atoms with Gasteiger partial charge in [-0.25, -0.2) is 18.2 Å². The molecule has 1 aromatic heterocycles. The van der Waals surface area contributed by atoms with Crippen LogP contribution in [0.2, 0.25) is 0 Å². The number of hydrogen-bond donors (Lipinski definition) is 4. The molecule has 1 aliphatic heterocycles. The first-order chi connectivity index (χ1) is 24.5. The standard InChI is InChI=1S/C35H43BrN6O9S/c1-6-21-16-35(21,32(46)41-52(48,49)24-10-11-24)19-39-29(44)27-15-23(50-30-25-14-22(36)9-8-20(25)12-13-37-30)18-42(27)31(45)26(17-38-28(43)7-2)40-33(47)51-34(3,4)5/h6-9,12-14,21,23-24,26-27H,1-2,10-11,15-19H2,3-5H3,(H,38,43)(H,39,44)(H,40,47)(H,41,46). The Kier molecular flexibility index (Phi) is 11.3. The van der Waals surface area contributed by atoms with Gasteiger partial charge in [0, 0.05) is 35.6 Å². The lowest BCUT2D eigenvalue weighted by molar-refractivity contribution is -0.140. The summed E-state index contributed by atoms with van der Waals surface area (Å²) in [4.78, 5) is 72.1. The number of fused-ring (bicyclic) bond motifs is 1. The monoisotopic (exact) mass is 802 g/mol. The maximum Gasteiger partial charge on any atom is 0.408 e. The minimum absolute atomic E-state index is 0.00195. The van der Waals surface area contributed by atoms with Gasteiger partial charge >= 0.3 is 6.09 Å². The molecule has 0 spiro atoms. The van der Waals surface area contributed by atoms with E-state index in [0.29, 0.717) is 18.2 Å². The van der Waals surface area contributed by atoms with E-state index in [9.17, 15) is 32.4 Å². The third kappa shape index (κ3) is 9.10. The van der Waals surface area contributed by atoms with Crippen LogP contribution in [0.25, 0.3) is 10.8 Å². The van der Waals surface area contributed by atoms with Crippen molar-refractivity contribution >= 4 is 66.4 Å². The van der Waals surface area contributed by atoms with Crippen LogP contribution >= 0.6 is 15.9 Å². The predicted octanol–water partition coefficient (Wildman–Crippen LogP) is 2.46. The zero-order valence-corrected chi connectivity index (χ0v) is 31.5. The molecule has 17 heteroatoms. The van der Waals surface area contributed by atoms with E-state index >= 15 is 0 Å². The van der Waals surface area contributed by atoms with Gasteiger partial charge in [0.05, 0.1) is 17.2 Å². The topological polar surface area (TPSA) is 202 Å². The van der Waals surface area contributed by atoms with Gasteiger partial charge in [-0.2, -0.15) is 0 Å². The van der Waals surface area contributed by atoms with E-state index < -0.39 is 74.2 Å². The summed E-state index contributed by atoms with van der Waals surface area (Å²) in [5, 5.41) is 8.71. The number of ether oxygens (including phenoxy) is 2. The van der Waals surface area contributed by atoms with Crippen molar-refractivity contribution in [3.63, 3.8) is 0 Å². The van der Waals surface area contributed by atoms with Crippen molar-refractivity contribution in [2.45, 2.75) is 75.5 Å². The molecule has 3 aliphatic rings. The fourth-order valence-electron chi connectivity index (χ4n) is 6.11. The lowest BCUT2D eigenvalue weighted by atomic mass is 10.0. The average Bonchev–Trinajstić information content (AvgIpc) is 4.01. The molecule has 0 bridgehead atoms. The average molecular weight is 804 g/mol. The number of rotatable bonds is 14. The molecule has 5 atom stereocenters. The van der Waals surface area contributed by atoms with Crippen LogP contribution in [0, 0.1) is 11.3 Å². The van der Waals surface area contributed by atoms with Crippen LogP contribution in [-0.2, 0) is 33.9 Å². The van der Waals surface area contributed by atoms with E-state index in [1.807, 2.05) is 24.3 Å². The van der Waals surface area contributed by atoms with E-state index in [4.69, 9.17) is 9.47 Å².